The van der Waals surface area contributed by atoms with Gasteiger partial charge in [-0.2, -0.15) is 20.5 Å². The number of hydrogen-bond acceptors (Lipinski definition) is 10. The normalized spacial score (nSPS) is 12.2. The zero-order valence-electron chi connectivity index (χ0n) is 33.4. The summed E-state index contributed by atoms with van der Waals surface area (Å²) in [6.07, 6.45) is 0. The minimum Gasteiger partial charge on any atom is -0.323 e. The number of hydrogen-bond donors (Lipinski definition) is 4. The van der Waals surface area contributed by atoms with Crippen molar-refractivity contribution in [2.45, 2.75) is 46.7 Å². The van der Waals surface area contributed by atoms with Gasteiger partial charge in [0.1, 0.15) is 11.4 Å². The fourth-order valence-electron chi connectivity index (χ4n) is 5.51. The van der Waals surface area contributed by atoms with Crippen molar-refractivity contribution in [2.24, 2.45) is 20.5 Å². The molecule has 14 nitrogen and oxygen atoms in total. The summed E-state index contributed by atoms with van der Waals surface area (Å²) in [4.78, 5) is 77.9. The average Bonchev–Trinajstić information content (AvgIpc) is 3.20. The SMILES string of the molecule is CC(=O)C(N=Nc1cc(C(=O)Nc2cc(C)ccc2Cl)ccc1Cl)C(=O)Nc1cc(Cl)c(NC(=O)C(N=Nc2cc(C(=O)Nc3cc(C)ccc3Cl)ccc2Cl)C(C)=O)cc1C. The Kier molecular flexibility index (Phi) is 15.7. The highest BCUT2D eigenvalue weighted by Gasteiger charge is 2.27. The molecular formula is C43H35Cl5N8O6. The van der Waals surface area contributed by atoms with Gasteiger partial charge in [-0.1, -0.05) is 70.1 Å². The van der Waals surface area contributed by atoms with Crippen molar-refractivity contribution in [3.05, 3.63) is 138 Å². The highest BCUT2D eigenvalue weighted by Crippen LogP contribution is 2.32. The van der Waals surface area contributed by atoms with Crippen molar-refractivity contribution in [1.82, 2.24) is 0 Å². The molecule has 4 amide bonds. The maximum absolute atomic E-state index is 13.4. The van der Waals surface area contributed by atoms with Crippen LogP contribution in [0.3, 0.4) is 0 Å². The van der Waals surface area contributed by atoms with E-state index in [9.17, 15) is 28.8 Å². The summed E-state index contributed by atoms with van der Waals surface area (Å²) in [5.41, 5.74) is 3.49. The highest BCUT2D eigenvalue weighted by molar-refractivity contribution is 6.36. The number of halogens is 5. The first-order valence-electron chi connectivity index (χ1n) is 18.3. The Morgan fingerprint density at radius 3 is 1.26 bits per heavy atom. The quantitative estimate of drug-likeness (QED) is 0.0630. The summed E-state index contributed by atoms with van der Waals surface area (Å²) in [6.45, 7) is 7.56. The Balaban J connectivity index is 1.27. The van der Waals surface area contributed by atoms with Crippen LogP contribution in [0.2, 0.25) is 25.1 Å². The lowest BCUT2D eigenvalue weighted by atomic mass is 10.1. The number of azo groups is 2. The zero-order valence-corrected chi connectivity index (χ0v) is 37.1. The zero-order chi connectivity index (χ0) is 45.4. The standard InChI is InChI=1S/C43H35Cl5N8O6/c1-20-6-10-27(44)33(14-20)50-40(59)25-8-12-29(46)36(17-25)53-55-38(23(4)57)42(61)49-32-19-31(48)35(16-22(32)3)52-43(62)39(24(5)58)56-54-37-18-26(9-13-30(37)47)41(60)51-34-15-21(2)7-11-28(34)45/h6-19,38-39H,1-5H3,(H,49,61)(H,50,59)(H,51,60)(H,52,62). The van der Waals surface area contributed by atoms with Crippen LogP contribution in [0, 0.1) is 20.8 Å². The van der Waals surface area contributed by atoms with E-state index in [1.807, 2.05) is 13.8 Å². The van der Waals surface area contributed by atoms with E-state index in [2.05, 4.69) is 41.7 Å². The molecule has 2 atom stereocenters. The van der Waals surface area contributed by atoms with Crippen molar-refractivity contribution in [3.8, 4) is 0 Å². The fourth-order valence-corrected chi connectivity index (χ4v) is 6.36. The van der Waals surface area contributed by atoms with Gasteiger partial charge in [-0.25, -0.2) is 0 Å². The number of nitrogens with one attached hydrogen (secondary N) is 4. The van der Waals surface area contributed by atoms with Gasteiger partial charge in [0.2, 0.25) is 12.1 Å². The van der Waals surface area contributed by atoms with Crippen molar-refractivity contribution in [2.75, 3.05) is 21.3 Å². The number of amides is 4. The van der Waals surface area contributed by atoms with E-state index < -0.39 is 47.3 Å². The Bertz CT molecular complexity index is 2530. The van der Waals surface area contributed by atoms with Gasteiger partial charge in [0.15, 0.2) is 11.6 Å². The molecular weight excluding hydrogens is 902 g/mol. The van der Waals surface area contributed by atoms with Gasteiger partial charge < -0.3 is 21.3 Å². The van der Waals surface area contributed by atoms with Gasteiger partial charge in [-0.05, 0) is 124 Å². The van der Waals surface area contributed by atoms with Crippen LogP contribution < -0.4 is 21.3 Å². The molecule has 4 N–H and O–H groups in total. The van der Waals surface area contributed by atoms with Crippen LogP contribution in [0.5, 0.6) is 0 Å². The van der Waals surface area contributed by atoms with Crippen LogP contribution in [0.1, 0.15) is 51.3 Å². The van der Waals surface area contributed by atoms with Crippen LogP contribution >= 0.6 is 58.0 Å². The number of nitrogens with zero attached hydrogens (tertiary/aromatic N) is 4. The Morgan fingerprint density at radius 2 is 0.839 bits per heavy atom. The number of carbonyl (C=O) groups is 6. The molecule has 0 fully saturated rings. The third-order valence-corrected chi connectivity index (χ3v) is 10.4. The first kappa shape index (κ1) is 47.0. The van der Waals surface area contributed by atoms with E-state index in [-0.39, 0.29) is 48.9 Å². The molecule has 2 unspecified atom stereocenters. The lowest BCUT2D eigenvalue weighted by molar-refractivity contribution is -0.127. The third kappa shape index (κ3) is 12.1. The summed E-state index contributed by atoms with van der Waals surface area (Å²) in [5.74, 6) is -4.13. The maximum atomic E-state index is 13.4. The van der Waals surface area contributed by atoms with Crippen LogP contribution in [0.15, 0.2) is 105 Å². The van der Waals surface area contributed by atoms with Gasteiger partial charge in [0.05, 0.1) is 42.2 Å². The van der Waals surface area contributed by atoms with E-state index in [1.54, 1.807) is 43.3 Å². The predicted molar refractivity (Wildman–Crippen MR) is 243 cm³/mol. The maximum Gasteiger partial charge on any atom is 0.258 e. The monoisotopic (exact) mass is 934 g/mol. The summed E-state index contributed by atoms with van der Waals surface area (Å²) in [6, 6.07) is 18.2. The first-order valence-corrected chi connectivity index (χ1v) is 20.2. The molecule has 0 aliphatic carbocycles. The number of benzene rings is 5. The molecule has 0 bridgehead atoms. The molecule has 0 heterocycles. The third-order valence-electron chi connectivity index (χ3n) is 8.82. The highest BCUT2D eigenvalue weighted by atomic mass is 35.5. The molecule has 5 aromatic carbocycles. The molecule has 5 rings (SSSR count). The summed E-state index contributed by atoms with van der Waals surface area (Å²) < 4.78 is 0. The predicted octanol–water partition coefficient (Wildman–Crippen LogP) is 11.7. The summed E-state index contributed by atoms with van der Waals surface area (Å²) in [5, 5.41) is 27.3. The fraction of sp³-hybridized carbons (Fsp3) is 0.163. The number of rotatable bonds is 14. The number of Topliss-reactive ketones (excluding diaryl/α,β-unsaturated/α-hetero) is 2. The van der Waals surface area contributed by atoms with Crippen LogP contribution in [0.4, 0.5) is 34.1 Å². The Hall–Kier alpha value is -6.03. The average molecular weight is 937 g/mol. The van der Waals surface area contributed by atoms with Gasteiger partial charge in [0, 0.05) is 16.8 Å². The minimum absolute atomic E-state index is 0.00902. The molecule has 0 radical (unpaired) electrons. The van der Waals surface area contributed by atoms with E-state index in [4.69, 9.17) is 58.0 Å². The van der Waals surface area contributed by atoms with Crippen molar-refractivity contribution in [3.63, 3.8) is 0 Å². The topological polar surface area (TPSA) is 200 Å². The Morgan fingerprint density at radius 1 is 0.452 bits per heavy atom. The van der Waals surface area contributed by atoms with Gasteiger partial charge in [-0.15, -0.1) is 0 Å². The first-order chi connectivity index (χ1) is 29.3. The lowest BCUT2D eigenvalue weighted by Crippen LogP contribution is -2.32. The molecule has 0 saturated carbocycles. The van der Waals surface area contributed by atoms with E-state index in [1.165, 1.54) is 48.5 Å². The summed E-state index contributed by atoms with van der Waals surface area (Å²) in [7, 11) is 0. The largest absolute Gasteiger partial charge is 0.323 e. The second kappa shape index (κ2) is 20.7. The molecule has 0 aromatic heterocycles. The second-order valence-corrected chi connectivity index (χ2v) is 15.8. The second-order valence-electron chi connectivity index (χ2n) is 13.8. The van der Waals surface area contributed by atoms with Gasteiger partial charge in [0.25, 0.3) is 23.6 Å². The molecule has 19 heteroatoms. The molecule has 0 aliphatic heterocycles. The molecule has 62 heavy (non-hydrogen) atoms. The van der Waals surface area contributed by atoms with E-state index >= 15 is 0 Å². The van der Waals surface area contributed by atoms with Gasteiger partial charge in [-0.3, -0.25) is 28.8 Å². The van der Waals surface area contributed by atoms with Crippen LogP contribution in [-0.2, 0) is 19.2 Å². The van der Waals surface area contributed by atoms with Crippen molar-refractivity contribution in [1.29, 1.82) is 0 Å². The molecule has 0 saturated heterocycles. The van der Waals surface area contributed by atoms with E-state index in [0.29, 0.717) is 27.0 Å². The van der Waals surface area contributed by atoms with Crippen LogP contribution in [-0.4, -0.2) is 47.3 Å². The van der Waals surface area contributed by atoms with Crippen LogP contribution in [0.25, 0.3) is 0 Å². The number of aryl methyl sites for hydroxylation is 3. The van der Waals surface area contributed by atoms with Crippen molar-refractivity contribution >= 4 is 127 Å². The number of carbonyl (C=O) groups excluding carboxylic acids is 6. The van der Waals surface area contributed by atoms with E-state index in [0.717, 1.165) is 25.0 Å². The molecule has 0 spiro atoms. The number of anilines is 4. The molecule has 5 aromatic rings. The number of ketones is 2. The van der Waals surface area contributed by atoms with Crippen molar-refractivity contribution < 1.29 is 28.8 Å². The Labute approximate surface area is 380 Å². The minimum atomic E-state index is -1.65. The molecule has 318 valence electrons. The molecule has 0 aliphatic rings. The summed E-state index contributed by atoms with van der Waals surface area (Å²) >= 11 is 31.6. The lowest BCUT2D eigenvalue weighted by Gasteiger charge is -2.16. The van der Waals surface area contributed by atoms with Gasteiger partial charge >= 0.3 is 0 Å². The smallest absolute Gasteiger partial charge is 0.258 e.